The maximum atomic E-state index is 12.2. The molecular formula is C23H28ClN3O4. The molecule has 0 saturated carbocycles. The highest BCUT2D eigenvalue weighted by Crippen LogP contribution is 2.33. The van der Waals surface area contributed by atoms with Crippen molar-refractivity contribution in [2.24, 2.45) is 5.10 Å². The smallest absolute Gasteiger partial charge is 0.271 e. The van der Waals surface area contributed by atoms with Crippen molar-refractivity contribution in [2.75, 3.05) is 33.9 Å². The van der Waals surface area contributed by atoms with Gasteiger partial charge in [0.15, 0.2) is 11.5 Å². The lowest BCUT2D eigenvalue weighted by atomic mass is 10.1. The third-order valence-corrected chi connectivity index (χ3v) is 4.98. The third-order valence-electron chi connectivity index (χ3n) is 4.67. The van der Waals surface area contributed by atoms with Crippen molar-refractivity contribution in [1.82, 2.24) is 10.3 Å². The van der Waals surface area contributed by atoms with Gasteiger partial charge in [0.2, 0.25) is 0 Å². The van der Waals surface area contributed by atoms with Crippen LogP contribution in [0.25, 0.3) is 6.08 Å². The lowest BCUT2D eigenvalue weighted by molar-refractivity contribution is 0.0955. The molecule has 0 unspecified atom stereocenters. The standard InChI is InChI=1S/C23H28ClN3O4/c1-5-27(6-2)11-7-8-17-12-16(13-21(30-3)22(17)31-4)15-25-26-23(29)18-9-10-20(28)19(24)14-18/h7-10,12-15,28H,5-6,11H2,1-4H3,(H,26,29)/b8-7+,25-15+. The molecule has 31 heavy (non-hydrogen) atoms. The molecule has 0 heterocycles. The molecule has 2 rings (SSSR count). The number of likely N-dealkylation sites (N-methyl/N-ethyl adjacent to an activating group) is 1. The predicted octanol–water partition coefficient (Wildman–Crippen LogP) is 4.18. The number of carbonyl (C=O) groups is 1. The van der Waals surface area contributed by atoms with Crippen molar-refractivity contribution in [3.63, 3.8) is 0 Å². The van der Waals surface area contributed by atoms with E-state index in [1.54, 1.807) is 20.3 Å². The summed E-state index contributed by atoms with van der Waals surface area (Å²) in [6.45, 7) is 7.01. The van der Waals surface area contributed by atoms with Crippen LogP contribution in [-0.4, -0.2) is 56.0 Å². The van der Waals surface area contributed by atoms with E-state index in [0.717, 1.165) is 30.8 Å². The maximum absolute atomic E-state index is 12.2. The minimum absolute atomic E-state index is 0.0892. The van der Waals surface area contributed by atoms with Crippen molar-refractivity contribution < 1.29 is 19.4 Å². The largest absolute Gasteiger partial charge is 0.506 e. The fourth-order valence-electron chi connectivity index (χ4n) is 2.90. The van der Waals surface area contributed by atoms with Gasteiger partial charge in [-0.15, -0.1) is 0 Å². The van der Waals surface area contributed by atoms with Crippen LogP contribution in [0.15, 0.2) is 41.5 Å². The Morgan fingerprint density at radius 2 is 1.94 bits per heavy atom. The number of amides is 1. The van der Waals surface area contributed by atoms with Crippen LogP contribution in [0, 0.1) is 0 Å². The molecule has 2 aromatic rings. The van der Waals surface area contributed by atoms with Gasteiger partial charge in [-0.1, -0.05) is 37.6 Å². The number of aromatic hydroxyl groups is 1. The summed E-state index contributed by atoms with van der Waals surface area (Å²) in [6.07, 6.45) is 5.57. The number of nitrogens with zero attached hydrogens (tertiary/aromatic N) is 2. The van der Waals surface area contributed by atoms with Crippen LogP contribution in [0.2, 0.25) is 5.02 Å². The average molecular weight is 446 g/mol. The lowest BCUT2D eigenvalue weighted by Gasteiger charge is -2.15. The second-order valence-electron chi connectivity index (χ2n) is 6.60. The molecule has 7 nitrogen and oxygen atoms in total. The van der Waals surface area contributed by atoms with E-state index < -0.39 is 5.91 Å². The van der Waals surface area contributed by atoms with Crippen LogP contribution in [0.4, 0.5) is 0 Å². The van der Waals surface area contributed by atoms with Crippen LogP contribution < -0.4 is 14.9 Å². The van der Waals surface area contributed by atoms with E-state index in [1.807, 2.05) is 12.1 Å². The molecule has 0 aliphatic carbocycles. The number of rotatable bonds is 10. The molecule has 2 aromatic carbocycles. The summed E-state index contributed by atoms with van der Waals surface area (Å²) >= 11 is 5.84. The fourth-order valence-corrected chi connectivity index (χ4v) is 3.08. The number of hydrogen-bond acceptors (Lipinski definition) is 6. The Balaban J connectivity index is 2.20. The summed E-state index contributed by atoms with van der Waals surface area (Å²) in [7, 11) is 3.16. The van der Waals surface area contributed by atoms with Crippen LogP contribution >= 0.6 is 11.6 Å². The minimum atomic E-state index is -0.446. The lowest BCUT2D eigenvalue weighted by Crippen LogP contribution is -2.22. The SMILES string of the molecule is CCN(CC)C/C=C/c1cc(/C=N/NC(=O)c2ccc(O)c(Cl)c2)cc(OC)c1OC. The second kappa shape index (κ2) is 12.0. The van der Waals surface area contributed by atoms with Gasteiger partial charge in [0.1, 0.15) is 5.75 Å². The molecule has 0 aliphatic rings. The first kappa shape index (κ1) is 24.2. The molecule has 0 radical (unpaired) electrons. The molecule has 166 valence electrons. The molecule has 0 aliphatic heterocycles. The monoisotopic (exact) mass is 445 g/mol. The molecule has 0 fully saturated rings. The van der Waals surface area contributed by atoms with Crippen molar-refractivity contribution in [3.8, 4) is 17.2 Å². The Morgan fingerprint density at radius 1 is 1.19 bits per heavy atom. The summed E-state index contributed by atoms with van der Waals surface area (Å²) in [5.41, 5.74) is 4.30. The first-order valence-corrected chi connectivity index (χ1v) is 10.3. The minimum Gasteiger partial charge on any atom is -0.506 e. The van der Waals surface area contributed by atoms with Gasteiger partial charge in [0.05, 0.1) is 25.5 Å². The molecule has 0 aromatic heterocycles. The van der Waals surface area contributed by atoms with Crippen molar-refractivity contribution in [3.05, 3.63) is 58.1 Å². The molecule has 0 atom stereocenters. The summed E-state index contributed by atoms with van der Waals surface area (Å²) in [5.74, 6) is 0.649. The Kier molecular flexibility index (Phi) is 9.37. The molecular weight excluding hydrogens is 418 g/mol. The van der Waals surface area contributed by atoms with Crippen LogP contribution in [-0.2, 0) is 0 Å². The molecule has 0 spiro atoms. The number of hydrazone groups is 1. The Hall–Kier alpha value is -3.03. The highest BCUT2D eigenvalue weighted by Gasteiger charge is 2.11. The number of ether oxygens (including phenoxy) is 2. The van der Waals surface area contributed by atoms with Gasteiger partial charge < -0.3 is 19.5 Å². The van der Waals surface area contributed by atoms with Crippen LogP contribution in [0.1, 0.15) is 35.3 Å². The van der Waals surface area contributed by atoms with Gasteiger partial charge in [-0.05, 0) is 49.0 Å². The number of halogens is 1. The zero-order valence-electron chi connectivity index (χ0n) is 18.2. The predicted molar refractivity (Wildman–Crippen MR) is 125 cm³/mol. The normalized spacial score (nSPS) is 11.4. The number of methoxy groups -OCH3 is 2. The molecule has 2 N–H and O–H groups in total. The summed E-state index contributed by atoms with van der Waals surface area (Å²) in [5, 5.41) is 13.6. The first-order valence-electron chi connectivity index (χ1n) is 9.90. The van der Waals surface area contributed by atoms with E-state index in [9.17, 15) is 9.90 Å². The van der Waals surface area contributed by atoms with Gasteiger partial charge in [0.25, 0.3) is 5.91 Å². The summed E-state index contributed by atoms with van der Waals surface area (Å²) < 4.78 is 11.0. The second-order valence-corrected chi connectivity index (χ2v) is 7.01. The van der Waals surface area contributed by atoms with Crippen molar-refractivity contribution in [2.45, 2.75) is 13.8 Å². The number of benzene rings is 2. The van der Waals surface area contributed by atoms with E-state index in [0.29, 0.717) is 11.5 Å². The van der Waals surface area contributed by atoms with Crippen LogP contribution in [0.3, 0.4) is 0 Å². The van der Waals surface area contributed by atoms with Gasteiger partial charge in [0, 0.05) is 17.7 Å². The number of phenols is 1. The number of phenolic OH excluding ortho intramolecular Hbond substituents is 1. The highest BCUT2D eigenvalue weighted by atomic mass is 35.5. The van der Waals surface area contributed by atoms with Crippen LogP contribution in [0.5, 0.6) is 17.2 Å². The zero-order chi connectivity index (χ0) is 22.8. The zero-order valence-corrected chi connectivity index (χ0v) is 18.9. The first-order chi connectivity index (χ1) is 14.9. The van der Waals surface area contributed by atoms with Gasteiger partial charge >= 0.3 is 0 Å². The molecule has 8 heteroatoms. The van der Waals surface area contributed by atoms with E-state index in [2.05, 4.69) is 35.4 Å². The Morgan fingerprint density at radius 3 is 2.55 bits per heavy atom. The maximum Gasteiger partial charge on any atom is 0.271 e. The van der Waals surface area contributed by atoms with E-state index in [4.69, 9.17) is 21.1 Å². The van der Waals surface area contributed by atoms with E-state index in [-0.39, 0.29) is 16.3 Å². The fraction of sp³-hybridized carbons (Fsp3) is 0.304. The summed E-state index contributed by atoms with van der Waals surface area (Å²) in [4.78, 5) is 14.5. The van der Waals surface area contributed by atoms with Gasteiger partial charge in [-0.25, -0.2) is 5.43 Å². The van der Waals surface area contributed by atoms with E-state index >= 15 is 0 Å². The topological polar surface area (TPSA) is 83.4 Å². The average Bonchev–Trinajstić information content (AvgIpc) is 2.78. The summed E-state index contributed by atoms with van der Waals surface area (Å²) in [6, 6.07) is 7.85. The molecule has 0 saturated heterocycles. The van der Waals surface area contributed by atoms with Gasteiger partial charge in [-0.3, -0.25) is 4.79 Å². The van der Waals surface area contributed by atoms with Crippen molar-refractivity contribution in [1.29, 1.82) is 0 Å². The number of nitrogens with one attached hydrogen (secondary N) is 1. The Labute approximate surface area is 187 Å². The van der Waals surface area contributed by atoms with Crippen molar-refractivity contribution >= 4 is 29.8 Å². The molecule has 0 bridgehead atoms. The number of hydrogen-bond donors (Lipinski definition) is 2. The molecule has 1 amide bonds. The number of carbonyl (C=O) groups excluding carboxylic acids is 1. The quantitative estimate of drug-likeness (QED) is 0.423. The van der Waals surface area contributed by atoms with E-state index in [1.165, 1.54) is 24.4 Å². The third kappa shape index (κ3) is 6.73. The Bertz CT molecular complexity index is 956. The van der Waals surface area contributed by atoms with Gasteiger partial charge in [-0.2, -0.15) is 5.10 Å². The highest BCUT2D eigenvalue weighted by molar-refractivity contribution is 6.32.